The maximum Gasteiger partial charge on any atom is 0.308 e. The molecule has 0 spiro atoms. The monoisotopic (exact) mass is 380 g/mol. The molecular formula is C22H24N2O4. The van der Waals surface area contributed by atoms with Gasteiger partial charge in [-0.3, -0.25) is 4.79 Å². The largest absolute Gasteiger partial charge is 0.493 e. The van der Waals surface area contributed by atoms with E-state index in [1.165, 1.54) is 0 Å². The van der Waals surface area contributed by atoms with E-state index >= 15 is 0 Å². The molecule has 2 aromatic carbocycles. The Balaban J connectivity index is 1.79. The Bertz CT molecular complexity index is 1010. The first-order valence-corrected chi connectivity index (χ1v) is 9.53. The van der Waals surface area contributed by atoms with Gasteiger partial charge in [-0.1, -0.05) is 25.1 Å². The molecule has 1 atom stereocenters. The smallest absolute Gasteiger partial charge is 0.308 e. The second kappa shape index (κ2) is 7.46. The van der Waals surface area contributed by atoms with Crippen molar-refractivity contribution in [1.82, 2.24) is 4.98 Å². The summed E-state index contributed by atoms with van der Waals surface area (Å²) in [7, 11) is 1.61. The van der Waals surface area contributed by atoms with Crippen LogP contribution in [0.5, 0.6) is 11.5 Å². The van der Waals surface area contributed by atoms with E-state index in [-0.39, 0.29) is 0 Å². The van der Waals surface area contributed by atoms with Crippen molar-refractivity contribution in [3.63, 3.8) is 0 Å². The first kappa shape index (κ1) is 18.2. The fourth-order valence-electron chi connectivity index (χ4n) is 3.80. The van der Waals surface area contributed by atoms with E-state index < -0.39 is 11.9 Å². The Morgan fingerprint density at radius 2 is 2.07 bits per heavy atom. The number of aromatic nitrogens is 1. The number of benzene rings is 2. The van der Waals surface area contributed by atoms with Crippen LogP contribution in [-0.2, 0) is 11.2 Å². The van der Waals surface area contributed by atoms with Gasteiger partial charge in [-0.25, -0.2) is 0 Å². The fourth-order valence-corrected chi connectivity index (χ4v) is 3.80. The summed E-state index contributed by atoms with van der Waals surface area (Å²) in [6.07, 6.45) is 1.43. The third-order valence-corrected chi connectivity index (χ3v) is 5.18. The Labute approximate surface area is 163 Å². The zero-order chi connectivity index (χ0) is 19.7. The van der Waals surface area contributed by atoms with Gasteiger partial charge in [0.2, 0.25) is 0 Å². The van der Waals surface area contributed by atoms with Crippen LogP contribution in [0.3, 0.4) is 0 Å². The van der Waals surface area contributed by atoms with Crippen LogP contribution in [0.4, 0.5) is 11.5 Å². The number of aliphatic carboxylic acids is 1. The van der Waals surface area contributed by atoms with Gasteiger partial charge in [0.15, 0.2) is 11.5 Å². The summed E-state index contributed by atoms with van der Waals surface area (Å²) < 4.78 is 11.3. The molecule has 0 aliphatic carbocycles. The lowest BCUT2D eigenvalue weighted by Crippen LogP contribution is -2.36. The average molecular weight is 380 g/mol. The highest BCUT2D eigenvalue weighted by Gasteiger charge is 2.33. The molecule has 0 unspecified atom stereocenters. The lowest BCUT2D eigenvalue weighted by atomic mass is 9.93. The van der Waals surface area contributed by atoms with Crippen LogP contribution in [0.1, 0.15) is 18.9 Å². The molecule has 1 aromatic heterocycles. The van der Waals surface area contributed by atoms with Gasteiger partial charge in [0.05, 0.1) is 19.6 Å². The van der Waals surface area contributed by atoms with E-state index in [0.29, 0.717) is 31.1 Å². The van der Waals surface area contributed by atoms with Crippen molar-refractivity contribution < 1.29 is 19.4 Å². The van der Waals surface area contributed by atoms with Crippen LogP contribution < -0.4 is 14.4 Å². The SMILES string of the molecule is CCCOc1ccc(N2C[C@H](C(=O)O)Cc3c2[nH]c2ccccc32)cc1OC. The summed E-state index contributed by atoms with van der Waals surface area (Å²) in [5.41, 5.74) is 2.93. The van der Waals surface area contributed by atoms with Gasteiger partial charge < -0.3 is 24.5 Å². The van der Waals surface area contributed by atoms with Gasteiger partial charge in [0, 0.05) is 34.8 Å². The Kier molecular flexibility index (Phi) is 4.86. The van der Waals surface area contributed by atoms with Crippen molar-refractivity contribution in [3.05, 3.63) is 48.0 Å². The summed E-state index contributed by atoms with van der Waals surface area (Å²) in [6, 6.07) is 13.8. The number of ether oxygens (including phenoxy) is 2. The second-order valence-electron chi connectivity index (χ2n) is 7.03. The third kappa shape index (κ3) is 3.15. The lowest BCUT2D eigenvalue weighted by Gasteiger charge is -2.32. The van der Waals surface area contributed by atoms with E-state index in [1.54, 1.807) is 7.11 Å². The van der Waals surface area contributed by atoms with E-state index in [0.717, 1.165) is 34.4 Å². The van der Waals surface area contributed by atoms with E-state index in [9.17, 15) is 9.90 Å². The van der Waals surface area contributed by atoms with Gasteiger partial charge in [0.25, 0.3) is 0 Å². The van der Waals surface area contributed by atoms with Crippen molar-refractivity contribution in [2.75, 3.05) is 25.2 Å². The molecule has 0 radical (unpaired) electrons. The maximum atomic E-state index is 11.8. The number of nitrogens with one attached hydrogen (secondary N) is 1. The molecule has 2 N–H and O–H groups in total. The van der Waals surface area contributed by atoms with Crippen LogP contribution in [-0.4, -0.2) is 36.3 Å². The third-order valence-electron chi connectivity index (χ3n) is 5.18. The Morgan fingerprint density at radius 3 is 2.82 bits per heavy atom. The number of hydrogen-bond acceptors (Lipinski definition) is 4. The molecule has 0 bridgehead atoms. The standard InChI is InChI=1S/C22H24N2O4/c1-3-10-28-19-9-8-15(12-20(19)27-2)24-13-14(22(25)26)11-17-16-6-4-5-7-18(16)23-21(17)24/h4-9,12,14,23H,3,10-11,13H2,1-2H3,(H,25,26)/t14-/m1/s1. The first-order valence-electron chi connectivity index (χ1n) is 9.53. The number of H-pyrrole nitrogens is 1. The highest BCUT2D eigenvalue weighted by Crippen LogP contribution is 2.41. The number of fused-ring (bicyclic) bond motifs is 3. The summed E-state index contributed by atoms with van der Waals surface area (Å²) >= 11 is 0. The molecule has 0 fully saturated rings. The van der Waals surface area contributed by atoms with E-state index in [2.05, 4.69) is 11.9 Å². The van der Waals surface area contributed by atoms with Gasteiger partial charge in [-0.2, -0.15) is 0 Å². The van der Waals surface area contributed by atoms with Crippen LogP contribution in [0.2, 0.25) is 0 Å². The number of anilines is 2. The zero-order valence-corrected chi connectivity index (χ0v) is 16.1. The molecule has 6 heteroatoms. The van der Waals surface area contributed by atoms with Crippen molar-refractivity contribution in [2.45, 2.75) is 19.8 Å². The minimum Gasteiger partial charge on any atom is -0.493 e. The average Bonchev–Trinajstić information content (AvgIpc) is 3.10. The molecule has 1 aliphatic heterocycles. The number of hydrogen-bond donors (Lipinski definition) is 2. The molecule has 28 heavy (non-hydrogen) atoms. The highest BCUT2D eigenvalue weighted by molar-refractivity contribution is 5.92. The van der Waals surface area contributed by atoms with Crippen LogP contribution >= 0.6 is 0 Å². The van der Waals surface area contributed by atoms with Crippen molar-refractivity contribution >= 4 is 28.4 Å². The van der Waals surface area contributed by atoms with Crippen molar-refractivity contribution in [3.8, 4) is 11.5 Å². The van der Waals surface area contributed by atoms with Crippen LogP contribution in [0.15, 0.2) is 42.5 Å². The number of rotatable bonds is 6. The van der Waals surface area contributed by atoms with Crippen molar-refractivity contribution in [2.24, 2.45) is 5.92 Å². The maximum absolute atomic E-state index is 11.8. The summed E-state index contributed by atoms with van der Waals surface area (Å²) in [4.78, 5) is 17.3. The van der Waals surface area contributed by atoms with Gasteiger partial charge in [-0.15, -0.1) is 0 Å². The van der Waals surface area contributed by atoms with Gasteiger partial charge >= 0.3 is 5.97 Å². The van der Waals surface area contributed by atoms with Gasteiger partial charge in [0.1, 0.15) is 5.82 Å². The molecule has 146 valence electrons. The quantitative estimate of drug-likeness (QED) is 0.665. The number of para-hydroxylation sites is 1. The molecule has 0 saturated heterocycles. The number of methoxy groups -OCH3 is 1. The molecule has 6 nitrogen and oxygen atoms in total. The fraction of sp³-hybridized carbons (Fsp3) is 0.318. The highest BCUT2D eigenvalue weighted by atomic mass is 16.5. The minimum absolute atomic E-state index is 0.396. The van der Waals surface area contributed by atoms with Gasteiger partial charge in [-0.05, 0) is 31.0 Å². The number of carboxylic acid groups (broad SMARTS) is 1. The van der Waals surface area contributed by atoms with Crippen LogP contribution in [0, 0.1) is 5.92 Å². The number of aromatic amines is 1. The minimum atomic E-state index is -0.782. The summed E-state index contributed by atoms with van der Waals surface area (Å²) in [5.74, 6) is 1.02. The predicted molar refractivity (Wildman–Crippen MR) is 109 cm³/mol. The normalized spacial score (nSPS) is 16.1. The lowest BCUT2D eigenvalue weighted by molar-refractivity contribution is -0.141. The predicted octanol–water partition coefficient (Wildman–Crippen LogP) is 4.36. The first-order chi connectivity index (χ1) is 13.6. The molecule has 0 saturated carbocycles. The molecule has 4 rings (SSSR count). The number of carbonyl (C=O) groups is 1. The molecular weight excluding hydrogens is 356 g/mol. The molecule has 3 aromatic rings. The second-order valence-corrected chi connectivity index (χ2v) is 7.03. The van der Waals surface area contributed by atoms with Crippen LogP contribution in [0.25, 0.3) is 10.9 Å². The van der Waals surface area contributed by atoms with E-state index in [1.807, 2.05) is 47.4 Å². The topological polar surface area (TPSA) is 74.8 Å². The Morgan fingerprint density at radius 1 is 1.25 bits per heavy atom. The van der Waals surface area contributed by atoms with Crippen molar-refractivity contribution in [1.29, 1.82) is 0 Å². The summed E-state index contributed by atoms with van der Waals surface area (Å²) in [6.45, 7) is 3.07. The molecule has 2 heterocycles. The number of carboxylic acids is 1. The molecule has 1 aliphatic rings. The Hall–Kier alpha value is -3.15. The molecule has 0 amide bonds. The summed E-state index contributed by atoms with van der Waals surface area (Å²) in [5, 5.41) is 10.8. The van der Waals surface area contributed by atoms with E-state index in [4.69, 9.17) is 9.47 Å². The number of nitrogens with zero attached hydrogens (tertiary/aromatic N) is 1. The zero-order valence-electron chi connectivity index (χ0n) is 16.1.